The smallest absolute Gasteiger partial charge is 0.209 e. The van der Waals surface area contributed by atoms with Crippen molar-refractivity contribution in [1.29, 1.82) is 0 Å². The van der Waals surface area contributed by atoms with E-state index in [1.54, 1.807) is 6.92 Å². The monoisotopic (exact) mass is 598 g/mol. The molecule has 0 fully saturated rings. The van der Waals surface area contributed by atoms with Crippen LogP contribution < -0.4 is 25.1 Å². The van der Waals surface area contributed by atoms with Crippen LogP contribution >= 0.6 is 0 Å². The van der Waals surface area contributed by atoms with Crippen LogP contribution in [0.5, 0.6) is 46.0 Å². The summed E-state index contributed by atoms with van der Waals surface area (Å²) in [5.74, 6) is -1.71. The maximum Gasteiger partial charge on any atom is 0.209 e. The molecule has 0 aliphatic carbocycles. The second-order valence-electron chi connectivity index (χ2n) is 10.5. The number of methoxy groups -OCH3 is 1. The molecule has 0 radical (unpaired) electrons. The van der Waals surface area contributed by atoms with Crippen LogP contribution in [0.3, 0.4) is 0 Å². The molecule has 0 saturated carbocycles. The Morgan fingerprint density at radius 2 is 1.55 bits per heavy atom. The number of phenolic OH excluding ortho intramolecular Hbond substituents is 5. The van der Waals surface area contributed by atoms with E-state index in [2.05, 4.69) is 0 Å². The Bertz CT molecular complexity index is 2370. The molecule has 4 aromatic carbocycles. The molecule has 1 atom stereocenters. The summed E-state index contributed by atoms with van der Waals surface area (Å²) >= 11 is 0. The summed E-state index contributed by atoms with van der Waals surface area (Å²) in [6.45, 7) is 1.52. The molecular formula is C32H22O12. The van der Waals surface area contributed by atoms with Gasteiger partial charge in [0, 0.05) is 18.2 Å². The molecular weight excluding hydrogens is 576 g/mol. The summed E-state index contributed by atoms with van der Waals surface area (Å²) in [4.78, 5) is 26.5. The Balaban J connectivity index is 1.33. The number of aromatic hydroxyl groups is 5. The molecule has 7 rings (SSSR count). The molecule has 0 bridgehead atoms. The molecule has 12 heteroatoms. The first-order valence-electron chi connectivity index (χ1n) is 13.2. The second-order valence-corrected chi connectivity index (χ2v) is 10.5. The Morgan fingerprint density at radius 3 is 2.32 bits per heavy atom. The third-order valence-corrected chi connectivity index (χ3v) is 7.53. The number of ether oxygens (including phenoxy) is 3. The fourth-order valence-electron chi connectivity index (χ4n) is 5.38. The molecule has 0 spiro atoms. The van der Waals surface area contributed by atoms with E-state index in [1.807, 2.05) is 0 Å². The normalized spacial score (nSPS) is 16.4. The molecule has 0 amide bonds. The number of benzene rings is 4. The highest BCUT2D eigenvalue weighted by atomic mass is 16.6. The Morgan fingerprint density at radius 1 is 0.818 bits per heavy atom. The predicted octanol–water partition coefficient (Wildman–Crippen LogP) is 4.99. The van der Waals surface area contributed by atoms with Gasteiger partial charge in [0.25, 0.3) is 0 Å². The van der Waals surface area contributed by atoms with Gasteiger partial charge < -0.3 is 48.6 Å². The minimum atomic E-state index is -1.23. The fourth-order valence-corrected chi connectivity index (χ4v) is 5.38. The van der Waals surface area contributed by atoms with E-state index < -0.39 is 33.7 Å². The van der Waals surface area contributed by atoms with Crippen molar-refractivity contribution in [2.24, 2.45) is 0 Å². The van der Waals surface area contributed by atoms with Gasteiger partial charge in [-0.25, -0.2) is 0 Å². The van der Waals surface area contributed by atoms with Gasteiger partial charge in [-0.15, -0.1) is 0 Å². The number of hydrogen-bond donors (Lipinski definition) is 5. The van der Waals surface area contributed by atoms with E-state index in [4.69, 9.17) is 23.0 Å². The lowest BCUT2D eigenvalue weighted by Crippen LogP contribution is -2.40. The van der Waals surface area contributed by atoms with Gasteiger partial charge in [0.15, 0.2) is 28.3 Å². The highest BCUT2D eigenvalue weighted by Gasteiger charge is 2.36. The molecule has 44 heavy (non-hydrogen) atoms. The molecule has 3 heterocycles. The van der Waals surface area contributed by atoms with E-state index in [0.29, 0.717) is 0 Å². The summed E-state index contributed by atoms with van der Waals surface area (Å²) in [5.41, 5.74) is -2.77. The van der Waals surface area contributed by atoms with Crippen LogP contribution in [0.1, 0.15) is 12.5 Å². The third-order valence-electron chi connectivity index (χ3n) is 7.53. The van der Waals surface area contributed by atoms with Crippen molar-refractivity contribution in [3.8, 4) is 46.0 Å². The van der Waals surface area contributed by atoms with Gasteiger partial charge in [-0.1, -0.05) is 6.07 Å². The maximum absolute atomic E-state index is 13.3. The number of hydrogen-bond acceptors (Lipinski definition) is 12. The Labute approximate surface area is 245 Å². The van der Waals surface area contributed by atoms with E-state index in [1.165, 1.54) is 49.6 Å². The summed E-state index contributed by atoms with van der Waals surface area (Å²) in [7, 11) is 1.37. The van der Waals surface area contributed by atoms with Crippen molar-refractivity contribution in [2.75, 3.05) is 13.7 Å². The molecule has 0 saturated heterocycles. The average Bonchev–Trinajstić information content (AvgIpc) is 2.96. The van der Waals surface area contributed by atoms with Crippen LogP contribution in [0, 0.1) is 0 Å². The molecule has 2 aromatic heterocycles. The Hall–Kier alpha value is -6.04. The maximum atomic E-state index is 13.3. The lowest BCUT2D eigenvalue weighted by molar-refractivity contribution is 0.0424. The van der Waals surface area contributed by atoms with Crippen molar-refractivity contribution in [3.05, 3.63) is 74.6 Å². The van der Waals surface area contributed by atoms with E-state index in [9.17, 15) is 35.1 Å². The average molecular weight is 599 g/mol. The molecule has 1 aliphatic heterocycles. The summed E-state index contributed by atoms with van der Waals surface area (Å²) in [6, 6.07) is 9.03. The number of para-hydroxylation sites is 1. The van der Waals surface area contributed by atoms with Crippen LogP contribution in [-0.4, -0.2) is 44.9 Å². The zero-order valence-corrected chi connectivity index (χ0v) is 23.0. The molecule has 222 valence electrons. The zero-order chi connectivity index (χ0) is 31.1. The van der Waals surface area contributed by atoms with Crippen LogP contribution in [0.15, 0.2) is 67.0 Å². The van der Waals surface area contributed by atoms with Crippen molar-refractivity contribution < 1.29 is 48.6 Å². The van der Waals surface area contributed by atoms with Crippen LogP contribution in [-0.2, 0) is 0 Å². The largest absolute Gasteiger partial charge is 0.508 e. The first-order chi connectivity index (χ1) is 21.0. The van der Waals surface area contributed by atoms with E-state index >= 15 is 0 Å². The summed E-state index contributed by atoms with van der Waals surface area (Å²) < 4.78 is 29.3. The van der Waals surface area contributed by atoms with Crippen molar-refractivity contribution in [1.82, 2.24) is 0 Å². The van der Waals surface area contributed by atoms with Crippen LogP contribution in [0.4, 0.5) is 0 Å². The van der Waals surface area contributed by atoms with Crippen LogP contribution in [0.2, 0.25) is 0 Å². The quantitative estimate of drug-likeness (QED) is 0.172. The number of rotatable bonds is 3. The van der Waals surface area contributed by atoms with E-state index in [-0.39, 0.29) is 84.8 Å². The lowest BCUT2D eigenvalue weighted by atomic mass is 10.0. The molecule has 0 unspecified atom stereocenters. The Kier molecular flexibility index (Phi) is 5.63. The van der Waals surface area contributed by atoms with Crippen molar-refractivity contribution in [2.45, 2.75) is 12.5 Å². The molecule has 6 aromatic rings. The second kappa shape index (κ2) is 9.23. The standard InChI is InChI=1S/C32H22O12/c1-32(7-6-14-18(35)11-21-24(25(14)37)26(38)15-4-3-5-17(34)28(15)42-21)12-41-31-29-16(10-22(40-2)30(31)44-32)27(39)23-19(36)8-13(33)9-20(23)43-29/h3-11,33-37H,12H2,1-2H3/t32-/m0/s1. The highest BCUT2D eigenvalue weighted by Crippen LogP contribution is 2.49. The predicted molar refractivity (Wildman–Crippen MR) is 158 cm³/mol. The lowest BCUT2D eigenvalue weighted by Gasteiger charge is -2.34. The first-order valence-corrected chi connectivity index (χ1v) is 13.2. The van der Waals surface area contributed by atoms with Gasteiger partial charge in [-0.3, -0.25) is 9.59 Å². The van der Waals surface area contributed by atoms with Crippen molar-refractivity contribution >= 4 is 50.0 Å². The van der Waals surface area contributed by atoms with Crippen LogP contribution in [0.25, 0.3) is 50.0 Å². The molecule has 5 N–H and O–H groups in total. The number of fused-ring (bicyclic) bond motifs is 6. The third kappa shape index (κ3) is 3.84. The highest BCUT2D eigenvalue weighted by molar-refractivity contribution is 5.99. The van der Waals surface area contributed by atoms with Gasteiger partial charge in [0.05, 0.1) is 23.4 Å². The fraction of sp³-hybridized carbons (Fsp3) is 0.125. The summed E-state index contributed by atoms with van der Waals surface area (Å²) in [6.07, 6.45) is 2.86. The summed E-state index contributed by atoms with van der Waals surface area (Å²) in [5, 5.41) is 51.9. The van der Waals surface area contributed by atoms with Gasteiger partial charge in [0.2, 0.25) is 22.4 Å². The zero-order valence-electron chi connectivity index (χ0n) is 23.0. The van der Waals surface area contributed by atoms with Crippen molar-refractivity contribution in [3.63, 3.8) is 0 Å². The van der Waals surface area contributed by atoms with Gasteiger partial charge in [-0.05, 0) is 37.3 Å². The van der Waals surface area contributed by atoms with Gasteiger partial charge >= 0.3 is 0 Å². The number of phenols is 5. The topological polar surface area (TPSA) is 189 Å². The minimum Gasteiger partial charge on any atom is -0.508 e. The van der Waals surface area contributed by atoms with Gasteiger partial charge in [0.1, 0.15) is 51.5 Å². The molecule has 1 aliphatic rings. The van der Waals surface area contributed by atoms with Gasteiger partial charge in [-0.2, -0.15) is 0 Å². The first kappa shape index (κ1) is 26.8. The molecule has 12 nitrogen and oxygen atoms in total. The minimum absolute atomic E-state index is 0.00383. The van der Waals surface area contributed by atoms with E-state index in [0.717, 1.165) is 12.1 Å². The SMILES string of the molecule is COc1cc2c(=O)c3c(O)cc(O)cc3oc2c2c1O[C@@](C)(C=Cc1c(O)cc3oc4c(O)cccc4c(=O)c3c1O)CO2.